The Morgan fingerprint density at radius 1 is 0.474 bits per heavy atom. The highest BCUT2D eigenvalue weighted by molar-refractivity contribution is 6.01. The summed E-state index contributed by atoms with van der Waals surface area (Å²) in [6, 6.07) is 16.6. The Morgan fingerprint density at radius 3 is 1.33 bits per heavy atom. The molecular formula is C65H93N19O11. The minimum Gasteiger partial charge on any atom is -0.444 e. The van der Waals surface area contributed by atoms with Crippen molar-refractivity contribution in [3.8, 4) is 0 Å². The van der Waals surface area contributed by atoms with E-state index in [-0.39, 0.29) is 36.1 Å². The lowest BCUT2D eigenvalue weighted by Gasteiger charge is -2.30. The van der Waals surface area contributed by atoms with Crippen molar-refractivity contribution < 1.29 is 52.6 Å². The molecule has 10 rings (SSSR count). The van der Waals surface area contributed by atoms with Gasteiger partial charge in [0, 0.05) is 78.3 Å². The van der Waals surface area contributed by atoms with Crippen LogP contribution in [0.2, 0.25) is 0 Å². The molecule has 10 heterocycles. The second kappa shape index (κ2) is 32.5. The first kappa shape index (κ1) is 73.8. The van der Waals surface area contributed by atoms with Crippen LogP contribution in [-0.4, -0.2) is 171 Å². The molecule has 30 heteroatoms. The van der Waals surface area contributed by atoms with Gasteiger partial charge in [-0.1, -0.05) is 6.42 Å². The highest BCUT2D eigenvalue weighted by Crippen LogP contribution is 2.30. The number of alkyl carbamates (subject to hydrolysis) is 1. The molecule has 0 aromatic carbocycles. The first-order chi connectivity index (χ1) is 44.6. The van der Waals surface area contributed by atoms with Gasteiger partial charge in [-0.05, 0) is 156 Å². The summed E-state index contributed by atoms with van der Waals surface area (Å²) in [6.45, 7) is 24.9. The first-order valence-corrected chi connectivity index (χ1v) is 31.4. The molecule has 0 saturated carbocycles. The van der Waals surface area contributed by atoms with E-state index in [1.54, 1.807) is 141 Å². The molecule has 514 valence electrons. The lowest BCUT2D eigenvalue weighted by atomic mass is 9.91. The number of amides is 9. The van der Waals surface area contributed by atoms with Crippen LogP contribution in [0.15, 0.2) is 91.6 Å². The van der Waals surface area contributed by atoms with Gasteiger partial charge in [0.25, 0.3) is 0 Å². The average molecular weight is 1320 g/mol. The smallest absolute Gasteiger partial charge is 0.410 e. The van der Waals surface area contributed by atoms with Gasteiger partial charge in [-0.3, -0.25) is 24.1 Å². The van der Waals surface area contributed by atoms with E-state index in [1.807, 2.05) is 61.5 Å². The largest absolute Gasteiger partial charge is 0.444 e. The third kappa shape index (κ3) is 23.1. The van der Waals surface area contributed by atoms with Crippen LogP contribution in [0.5, 0.6) is 0 Å². The van der Waals surface area contributed by atoms with E-state index >= 15 is 0 Å². The quantitative estimate of drug-likeness (QED) is 0.0844. The van der Waals surface area contributed by atoms with Crippen molar-refractivity contribution >= 4 is 105 Å². The summed E-state index contributed by atoms with van der Waals surface area (Å²) in [5.74, 6) is 2.07. The van der Waals surface area contributed by atoms with Crippen LogP contribution in [0.1, 0.15) is 115 Å². The minimum absolute atomic E-state index is 0.0439. The molecule has 12 N–H and O–H groups in total. The van der Waals surface area contributed by atoms with Gasteiger partial charge < -0.3 is 82.9 Å². The highest BCUT2D eigenvalue weighted by Gasteiger charge is 2.41. The molecule has 5 aromatic rings. The Morgan fingerprint density at radius 2 is 0.884 bits per heavy atom. The Bertz CT molecular complexity index is 3410. The number of ether oxygens (including phenoxy) is 3. The summed E-state index contributed by atoms with van der Waals surface area (Å²) in [7, 11) is 0. The zero-order chi connectivity index (χ0) is 70.0. The minimum atomic E-state index is -0.727. The van der Waals surface area contributed by atoms with Crippen LogP contribution in [-0.2, 0) is 33.4 Å². The van der Waals surface area contributed by atoms with Crippen molar-refractivity contribution in [2.24, 2.45) is 5.41 Å². The number of nitrogen functional groups attached to an aromatic ring is 5. The van der Waals surface area contributed by atoms with Gasteiger partial charge in [0.2, 0.25) is 23.6 Å². The fourth-order valence-electron chi connectivity index (χ4n) is 9.92. The van der Waals surface area contributed by atoms with Crippen molar-refractivity contribution in [1.29, 1.82) is 0 Å². The number of anilines is 10. The van der Waals surface area contributed by atoms with Gasteiger partial charge in [0.15, 0.2) is 0 Å². The Labute approximate surface area is 554 Å². The van der Waals surface area contributed by atoms with Crippen LogP contribution in [0.3, 0.4) is 0 Å². The lowest BCUT2D eigenvalue weighted by molar-refractivity contribution is -0.126. The first-order valence-electron chi connectivity index (χ1n) is 31.4. The maximum Gasteiger partial charge on any atom is 0.410 e. The number of pyridine rings is 5. The van der Waals surface area contributed by atoms with E-state index in [1.165, 1.54) is 0 Å². The van der Waals surface area contributed by atoms with Crippen LogP contribution in [0.4, 0.5) is 76.7 Å². The molecule has 5 saturated heterocycles. The number of nitrogens with one attached hydrogen (secondary N) is 2. The van der Waals surface area contributed by atoms with Gasteiger partial charge in [-0.15, -0.1) is 0 Å². The summed E-state index contributed by atoms with van der Waals surface area (Å²) in [5, 5.41) is 5.31. The van der Waals surface area contributed by atoms with Crippen molar-refractivity contribution in [3.05, 3.63) is 91.6 Å². The highest BCUT2D eigenvalue weighted by atomic mass is 16.6. The molecule has 5 aliphatic rings. The number of nitrogens with two attached hydrogens (primary N) is 5. The summed E-state index contributed by atoms with van der Waals surface area (Å²) in [5.41, 5.74) is 28.9. The van der Waals surface area contributed by atoms with Gasteiger partial charge >= 0.3 is 24.3 Å². The Balaban J connectivity index is 0.000000191. The predicted molar refractivity (Wildman–Crippen MR) is 364 cm³/mol. The molecule has 95 heavy (non-hydrogen) atoms. The molecule has 0 aliphatic carbocycles. The number of carbonyl (C=O) groups excluding carboxylic acids is 8. The summed E-state index contributed by atoms with van der Waals surface area (Å²) in [4.78, 5) is 128. The third-order valence-corrected chi connectivity index (χ3v) is 14.5. The molecule has 0 bridgehead atoms. The van der Waals surface area contributed by atoms with Crippen LogP contribution < -0.4 is 63.8 Å². The molecule has 30 nitrogen and oxygen atoms in total. The molecule has 0 spiro atoms. The van der Waals surface area contributed by atoms with Crippen LogP contribution in [0.25, 0.3) is 0 Å². The number of nitrogens with zero attached hydrogens (tertiary/aromatic N) is 12. The summed E-state index contributed by atoms with van der Waals surface area (Å²) >= 11 is 0. The molecule has 0 unspecified atom stereocenters. The van der Waals surface area contributed by atoms with E-state index in [0.29, 0.717) is 118 Å². The number of urea groups is 1. The van der Waals surface area contributed by atoms with Crippen molar-refractivity contribution in [2.45, 2.75) is 138 Å². The van der Waals surface area contributed by atoms with Crippen molar-refractivity contribution in [2.75, 3.05) is 119 Å². The topological polar surface area (TPSA) is 406 Å². The second-order valence-corrected chi connectivity index (χ2v) is 26.4. The normalized spacial score (nSPS) is 17.5. The Kier molecular flexibility index (Phi) is 25.2. The maximum atomic E-state index is 12.9. The van der Waals surface area contributed by atoms with Gasteiger partial charge in [-0.2, -0.15) is 0 Å². The van der Waals surface area contributed by atoms with E-state index in [2.05, 4.69) is 35.6 Å². The van der Waals surface area contributed by atoms with E-state index in [4.69, 9.17) is 42.9 Å². The Hall–Kier alpha value is -10.3. The summed E-state index contributed by atoms with van der Waals surface area (Å²) < 4.78 is 16.0. The standard InChI is InChI=1S/C17H26N4O3.C15H22N4O3.C14H20N4O3.C11H15N3O.C8H10N4O/c1-16(2,3)24-15(23)20-8-9-21(14(22)17(4,5)11-20)12-6-7-13(18)19-10-12;1-15(2,3)22-14(21)18-7-6-13(20)19(9-8-18)11-4-5-12(16)17-10-11;1-14(2,3)21-13(20)17-10-6-7-18(12(10)19)9-4-5-11(15)16-8-9;12-10-6-5-9(8-13-10)14-7-3-1-2-4-11(14)15;9-7-2-1-6(5-11-7)12-4-3-10-8(12)13/h6-7,10H,8-9,11H2,1-5H3,(H2,18,19);4-5,10H,6-9H2,1-3H3,(H2,16,17);4-5,8,10H,6-7H2,1-3H3,(H2,15,16)(H,17,20);5-6,8H,1-4,7H2,(H2,12,13);1-2,5H,3-4H2,(H2,9,11)(H,10,13)/t;;10-;;/m..1../s1. The number of hydrogen-bond acceptors (Lipinski definition) is 21. The number of carbonyl (C=O) groups is 8. The number of aromatic nitrogens is 5. The van der Waals surface area contributed by atoms with Crippen LogP contribution in [0, 0.1) is 5.41 Å². The average Bonchev–Trinajstić information content (AvgIpc) is 1.72. The zero-order valence-electron chi connectivity index (χ0n) is 56.3. The van der Waals surface area contributed by atoms with E-state index in [9.17, 15) is 38.4 Å². The number of rotatable bonds is 6. The molecular weight excluding hydrogens is 1220 g/mol. The maximum absolute atomic E-state index is 12.9. The second-order valence-electron chi connectivity index (χ2n) is 26.4. The lowest BCUT2D eigenvalue weighted by Crippen LogP contribution is -2.44. The molecule has 5 fully saturated rings. The SMILES string of the molecule is CC(C)(C)OC(=O)N1CCC(=O)N(c2ccc(N)nc2)CC1.CC(C)(C)OC(=O)N1CCN(c2ccc(N)nc2)C(=O)C(C)(C)C1.CC(C)(C)OC(=O)N[C@@H]1CCN(c2ccc(N)nc2)C1=O.Nc1ccc(N2CCCCCC2=O)cn1.Nc1ccc(N2CCNC2=O)cn1. The van der Waals surface area contributed by atoms with Gasteiger partial charge in [-0.25, -0.2) is 44.1 Å². The van der Waals surface area contributed by atoms with Gasteiger partial charge in [0.05, 0.1) is 64.8 Å². The molecule has 9 amide bonds. The fraction of sp³-hybridized carbons (Fsp3) is 0.492. The number of hydrogen-bond donors (Lipinski definition) is 7. The monoisotopic (exact) mass is 1320 g/mol. The summed E-state index contributed by atoms with van der Waals surface area (Å²) in [6.07, 6.45) is 11.2. The van der Waals surface area contributed by atoms with Gasteiger partial charge in [0.1, 0.15) is 51.9 Å². The molecule has 1 atom stereocenters. The van der Waals surface area contributed by atoms with Crippen molar-refractivity contribution in [1.82, 2.24) is 45.4 Å². The fourth-order valence-corrected chi connectivity index (χ4v) is 9.92. The predicted octanol–water partition coefficient (Wildman–Crippen LogP) is 6.97. The third-order valence-electron chi connectivity index (χ3n) is 14.5. The molecule has 5 aromatic heterocycles. The van der Waals surface area contributed by atoms with Crippen molar-refractivity contribution in [3.63, 3.8) is 0 Å². The molecule has 0 radical (unpaired) electrons. The molecule has 5 aliphatic heterocycles. The van der Waals surface area contributed by atoms with E-state index < -0.39 is 46.5 Å². The van der Waals surface area contributed by atoms with Crippen LogP contribution >= 0.6 is 0 Å². The van der Waals surface area contributed by atoms with E-state index in [0.717, 1.165) is 37.2 Å². The zero-order valence-corrected chi connectivity index (χ0v) is 56.3.